The third-order valence-electron chi connectivity index (χ3n) is 2.66. The largest absolute Gasteiger partial charge is 0.311 e. The molecule has 1 aliphatic carbocycles. The first-order valence-corrected chi connectivity index (χ1v) is 4.04. The molecule has 0 aromatic heterocycles. The molecule has 52 valence electrons. The number of hydrogen-bond acceptors (Lipinski definition) is 1. The van der Waals surface area contributed by atoms with Gasteiger partial charge in [-0.3, -0.25) is 0 Å². The van der Waals surface area contributed by atoms with Crippen LogP contribution in [0.3, 0.4) is 0 Å². The quantitative estimate of drug-likeness (QED) is 0.590. The molecule has 0 spiro atoms. The maximum atomic E-state index is 3.49. The minimum Gasteiger partial charge on any atom is -0.311 e. The summed E-state index contributed by atoms with van der Waals surface area (Å²) in [5.41, 5.74) is 0.557. The zero-order valence-electron chi connectivity index (χ0n) is 6.11. The zero-order chi connectivity index (χ0) is 6.32. The van der Waals surface area contributed by atoms with E-state index in [1.165, 1.54) is 32.2 Å². The third kappa shape index (κ3) is 1.11. The average molecular weight is 125 g/mol. The topological polar surface area (TPSA) is 12.0 Å². The van der Waals surface area contributed by atoms with Gasteiger partial charge in [0.15, 0.2) is 0 Å². The van der Waals surface area contributed by atoms with Crippen LogP contribution in [0, 0.1) is 5.92 Å². The molecule has 1 atom stereocenters. The molecular formula is C8H15N. The summed E-state index contributed by atoms with van der Waals surface area (Å²) < 4.78 is 0. The number of nitrogens with one attached hydrogen (secondary N) is 1. The fourth-order valence-electron chi connectivity index (χ4n) is 1.69. The minimum absolute atomic E-state index is 0.557. The molecule has 0 bridgehead atoms. The van der Waals surface area contributed by atoms with Gasteiger partial charge in [-0.1, -0.05) is 12.8 Å². The van der Waals surface area contributed by atoms with Crippen molar-refractivity contribution < 1.29 is 0 Å². The monoisotopic (exact) mass is 125 g/mol. The van der Waals surface area contributed by atoms with Crippen LogP contribution in [-0.4, -0.2) is 12.1 Å². The van der Waals surface area contributed by atoms with E-state index in [-0.39, 0.29) is 0 Å². The lowest BCUT2D eigenvalue weighted by molar-refractivity contribution is 0.206. The van der Waals surface area contributed by atoms with Crippen molar-refractivity contribution in [1.29, 1.82) is 0 Å². The van der Waals surface area contributed by atoms with Crippen LogP contribution < -0.4 is 5.32 Å². The molecule has 1 heterocycles. The molecule has 2 rings (SSSR count). The Morgan fingerprint density at radius 3 is 2.56 bits per heavy atom. The first kappa shape index (κ1) is 5.72. The second-order valence-electron chi connectivity index (χ2n) is 3.88. The summed E-state index contributed by atoms with van der Waals surface area (Å²) in [5, 5.41) is 3.49. The van der Waals surface area contributed by atoms with Gasteiger partial charge in [-0.05, 0) is 32.2 Å². The fraction of sp³-hybridized carbons (Fsp3) is 1.00. The molecule has 2 fully saturated rings. The van der Waals surface area contributed by atoms with Gasteiger partial charge in [0.1, 0.15) is 0 Å². The molecule has 1 unspecified atom stereocenters. The van der Waals surface area contributed by atoms with Crippen molar-refractivity contribution in [3.8, 4) is 0 Å². The highest BCUT2D eigenvalue weighted by Crippen LogP contribution is 2.39. The Balaban J connectivity index is 1.81. The molecule has 2 aliphatic rings. The Labute approximate surface area is 56.8 Å². The minimum atomic E-state index is 0.557. The summed E-state index contributed by atoms with van der Waals surface area (Å²) in [7, 11) is 0. The Kier molecular flexibility index (Phi) is 1.10. The van der Waals surface area contributed by atoms with Crippen molar-refractivity contribution in [1.82, 2.24) is 5.32 Å². The van der Waals surface area contributed by atoms with Crippen molar-refractivity contribution >= 4 is 0 Å². The summed E-state index contributed by atoms with van der Waals surface area (Å²) in [6.45, 7) is 3.61. The lowest BCUT2D eigenvalue weighted by Gasteiger charge is -2.40. The van der Waals surface area contributed by atoms with Crippen molar-refractivity contribution in [2.75, 3.05) is 6.54 Å². The van der Waals surface area contributed by atoms with Crippen LogP contribution in [-0.2, 0) is 0 Å². The maximum Gasteiger partial charge on any atom is 0.0168 e. The van der Waals surface area contributed by atoms with Gasteiger partial charge in [-0.15, -0.1) is 0 Å². The smallest absolute Gasteiger partial charge is 0.0168 e. The second-order valence-corrected chi connectivity index (χ2v) is 3.88. The number of rotatable bonds is 2. The Morgan fingerprint density at radius 2 is 2.22 bits per heavy atom. The van der Waals surface area contributed by atoms with E-state index in [2.05, 4.69) is 12.2 Å². The lowest BCUT2D eigenvalue weighted by atomic mass is 9.85. The van der Waals surface area contributed by atoms with E-state index in [1.54, 1.807) is 0 Å². The molecule has 1 heteroatoms. The van der Waals surface area contributed by atoms with Gasteiger partial charge in [0.2, 0.25) is 0 Å². The molecule has 0 aromatic rings. The Hall–Kier alpha value is -0.0400. The van der Waals surface area contributed by atoms with E-state index in [0.717, 1.165) is 5.92 Å². The van der Waals surface area contributed by atoms with Gasteiger partial charge < -0.3 is 5.32 Å². The van der Waals surface area contributed by atoms with Gasteiger partial charge in [0.25, 0.3) is 0 Å². The van der Waals surface area contributed by atoms with Crippen molar-refractivity contribution in [3.05, 3.63) is 0 Å². The van der Waals surface area contributed by atoms with Crippen LogP contribution >= 0.6 is 0 Å². The molecule has 0 radical (unpaired) electrons. The highest BCUT2D eigenvalue weighted by molar-refractivity contribution is 4.96. The Morgan fingerprint density at radius 1 is 1.56 bits per heavy atom. The van der Waals surface area contributed by atoms with Crippen LogP contribution in [0.15, 0.2) is 0 Å². The molecule has 1 aliphatic heterocycles. The molecule has 1 N–H and O–H groups in total. The van der Waals surface area contributed by atoms with E-state index in [0.29, 0.717) is 5.54 Å². The number of hydrogen-bond donors (Lipinski definition) is 1. The van der Waals surface area contributed by atoms with Crippen LogP contribution in [0.4, 0.5) is 0 Å². The third-order valence-corrected chi connectivity index (χ3v) is 2.66. The summed E-state index contributed by atoms with van der Waals surface area (Å²) in [6.07, 6.45) is 5.84. The van der Waals surface area contributed by atoms with Gasteiger partial charge >= 0.3 is 0 Å². The highest BCUT2D eigenvalue weighted by atomic mass is 15.0. The van der Waals surface area contributed by atoms with E-state index in [9.17, 15) is 0 Å². The van der Waals surface area contributed by atoms with E-state index < -0.39 is 0 Å². The van der Waals surface area contributed by atoms with Crippen LogP contribution in [0.2, 0.25) is 0 Å². The zero-order valence-corrected chi connectivity index (χ0v) is 6.11. The normalized spacial score (nSPS) is 42.3. The molecular weight excluding hydrogens is 110 g/mol. The summed E-state index contributed by atoms with van der Waals surface area (Å²) in [4.78, 5) is 0. The fourth-order valence-corrected chi connectivity index (χ4v) is 1.69. The van der Waals surface area contributed by atoms with Crippen LogP contribution in [0.5, 0.6) is 0 Å². The van der Waals surface area contributed by atoms with Gasteiger partial charge in [0, 0.05) is 5.54 Å². The van der Waals surface area contributed by atoms with E-state index in [1.807, 2.05) is 0 Å². The molecule has 0 amide bonds. The van der Waals surface area contributed by atoms with Crippen LogP contribution in [0.25, 0.3) is 0 Å². The molecule has 0 aromatic carbocycles. The molecule has 1 saturated carbocycles. The molecule has 9 heavy (non-hydrogen) atoms. The summed E-state index contributed by atoms with van der Waals surface area (Å²) >= 11 is 0. The summed E-state index contributed by atoms with van der Waals surface area (Å²) in [6, 6.07) is 0. The van der Waals surface area contributed by atoms with Crippen molar-refractivity contribution in [3.63, 3.8) is 0 Å². The van der Waals surface area contributed by atoms with E-state index in [4.69, 9.17) is 0 Å². The highest BCUT2D eigenvalue weighted by Gasteiger charge is 2.36. The predicted molar refractivity (Wildman–Crippen MR) is 38.4 cm³/mol. The molecule has 1 saturated heterocycles. The first-order chi connectivity index (χ1) is 4.29. The van der Waals surface area contributed by atoms with Gasteiger partial charge in [-0.25, -0.2) is 0 Å². The lowest BCUT2D eigenvalue weighted by Crippen LogP contribution is -2.54. The Bertz CT molecular complexity index is 112. The first-order valence-electron chi connectivity index (χ1n) is 4.04. The molecule has 1 nitrogen and oxygen atoms in total. The van der Waals surface area contributed by atoms with Crippen molar-refractivity contribution in [2.45, 2.75) is 38.1 Å². The van der Waals surface area contributed by atoms with Crippen LogP contribution in [0.1, 0.15) is 32.6 Å². The standard InChI is InChI=1S/C8H15N/c1-8(4-5-9-8)6-7-2-3-7/h7,9H,2-6H2,1H3. The van der Waals surface area contributed by atoms with E-state index >= 15 is 0 Å². The predicted octanol–water partition coefficient (Wildman–Crippen LogP) is 1.54. The average Bonchev–Trinajstić information content (AvgIpc) is 2.46. The SMILES string of the molecule is CC1(CC2CC2)CCN1. The second kappa shape index (κ2) is 1.72. The maximum absolute atomic E-state index is 3.49. The summed E-state index contributed by atoms with van der Waals surface area (Å²) in [5.74, 6) is 1.09. The van der Waals surface area contributed by atoms with Crippen molar-refractivity contribution in [2.24, 2.45) is 5.92 Å². The van der Waals surface area contributed by atoms with Gasteiger partial charge in [0.05, 0.1) is 0 Å². The van der Waals surface area contributed by atoms with Gasteiger partial charge in [-0.2, -0.15) is 0 Å².